The Hall–Kier alpha value is -2.38. The minimum atomic E-state index is -3.46. The van der Waals surface area contributed by atoms with Crippen LogP contribution in [0.4, 0.5) is 5.69 Å². The molecule has 0 bridgehead atoms. The molecule has 6 nitrogen and oxygen atoms in total. The van der Waals surface area contributed by atoms with Gasteiger partial charge in [-0.1, -0.05) is 24.1 Å². The Morgan fingerprint density at radius 1 is 1.04 bits per heavy atom. The van der Waals surface area contributed by atoms with Crippen LogP contribution in [0.3, 0.4) is 0 Å². The number of nitrogens with one attached hydrogen (secondary N) is 1. The van der Waals surface area contributed by atoms with E-state index in [-0.39, 0.29) is 17.4 Å². The number of anilines is 1. The van der Waals surface area contributed by atoms with Crippen molar-refractivity contribution in [2.45, 2.75) is 38.0 Å². The SMILES string of the molecule is Cc1ccc(NC(=O)COc2ccc(S(=O)(=O)N3CCCCC3)cc2)c(C)c1. The summed E-state index contributed by atoms with van der Waals surface area (Å²) >= 11 is 0. The summed E-state index contributed by atoms with van der Waals surface area (Å²) in [6.45, 7) is 4.92. The summed E-state index contributed by atoms with van der Waals surface area (Å²) in [5.41, 5.74) is 2.87. The molecule has 2 aromatic carbocycles. The predicted octanol–water partition coefficient (Wildman–Crippen LogP) is 3.50. The number of nitrogens with zero attached hydrogens (tertiary/aromatic N) is 1. The van der Waals surface area contributed by atoms with E-state index in [0.29, 0.717) is 18.8 Å². The number of ether oxygens (including phenoxy) is 1. The molecule has 0 unspecified atom stereocenters. The van der Waals surface area contributed by atoms with Gasteiger partial charge in [-0.15, -0.1) is 0 Å². The van der Waals surface area contributed by atoms with E-state index in [2.05, 4.69) is 5.32 Å². The molecule has 1 amide bonds. The van der Waals surface area contributed by atoms with E-state index in [1.54, 1.807) is 12.1 Å². The first-order chi connectivity index (χ1) is 13.4. The Bertz CT molecular complexity index is 933. The Kier molecular flexibility index (Phi) is 6.36. The lowest BCUT2D eigenvalue weighted by atomic mass is 10.1. The molecule has 28 heavy (non-hydrogen) atoms. The standard InChI is InChI=1S/C21H26N2O4S/c1-16-6-11-20(17(2)14-16)22-21(24)15-27-18-7-9-19(10-8-18)28(25,26)23-12-4-3-5-13-23/h6-11,14H,3-5,12-13,15H2,1-2H3,(H,22,24). The normalized spacial score (nSPS) is 15.2. The predicted molar refractivity (Wildman–Crippen MR) is 109 cm³/mol. The summed E-state index contributed by atoms with van der Waals surface area (Å²) in [7, 11) is -3.46. The number of benzene rings is 2. The van der Waals surface area contributed by atoms with E-state index < -0.39 is 10.0 Å². The van der Waals surface area contributed by atoms with Crippen LogP contribution in [0.2, 0.25) is 0 Å². The van der Waals surface area contributed by atoms with E-state index in [1.165, 1.54) is 16.4 Å². The van der Waals surface area contributed by atoms with E-state index in [0.717, 1.165) is 36.1 Å². The second-order valence-electron chi connectivity index (χ2n) is 7.09. The van der Waals surface area contributed by atoms with Gasteiger partial charge in [0.15, 0.2) is 6.61 Å². The summed E-state index contributed by atoms with van der Waals surface area (Å²) in [4.78, 5) is 12.4. The molecule has 150 valence electrons. The summed E-state index contributed by atoms with van der Waals surface area (Å²) in [6.07, 6.45) is 2.87. The van der Waals surface area contributed by atoms with Gasteiger partial charge in [0, 0.05) is 18.8 Å². The van der Waals surface area contributed by atoms with Gasteiger partial charge in [0.2, 0.25) is 10.0 Å². The fourth-order valence-electron chi connectivity index (χ4n) is 3.25. The minimum Gasteiger partial charge on any atom is -0.484 e. The molecular formula is C21H26N2O4S. The third-order valence-corrected chi connectivity index (χ3v) is 6.72. The number of aryl methyl sites for hydroxylation is 2. The maximum atomic E-state index is 12.6. The van der Waals surface area contributed by atoms with Crippen LogP contribution in [0, 0.1) is 13.8 Å². The number of rotatable bonds is 6. The molecule has 0 radical (unpaired) electrons. The van der Waals surface area contributed by atoms with Gasteiger partial charge in [0.25, 0.3) is 5.91 Å². The van der Waals surface area contributed by atoms with Crippen molar-refractivity contribution in [3.63, 3.8) is 0 Å². The van der Waals surface area contributed by atoms with Gasteiger partial charge >= 0.3 is 0 Å². The summed E-state index contributed by atoms with van der Waals surface area (Å²) in [5.74, 6) is 0.186. The number of hydrogen-bond donors (Lipinski definition) is 1. The highest BCUT2D eigenvalue weighted by Crippen LogP contribution is 2.23. The second kappa shape index (κ2) is 8.75. The average molecular weight is 403 g/mol. The van der Waals surface area contributed by atoms with Crippen molar-refractivity contribution < 1.29 is 17.9 Å². The van der Waals surface area contributed by atoms with Crippen molar-refractivity contribution in [1.82, 2.24) is 4.31 Å². The lowest BCUT2D eigenvalue weighted by Crippen LogP contribution is -2.35. The first-order valence-corrected chi connectivity index (χ1v) is 10.9. The average Bonchev–Trinajstić information content (AvgIpc) is 2.69. The smallest absolute Gasteiger partial charge is 0.262 e. The molecule has 1 aliphatic rings. The zero-order valence-electron chi connectivity index (χ0n) is 16.3. The monoisotopic (exact) mass is 402 g/mol. The fourth-order valence-corrected chi connectivity index (χ4v) is 4.77. The van der Waals surface area contributed by atoms with Gasteiger partial charge in [-0.2, -0.15) is 4.31 Å². The highest BCUT2D eigenvalue weighted by atomic mass is 32.2. The van der Waals surface area contributed by atoms with E-state index >= 15 is 0 Å². The van der Waals surface area contributed by atoms with Gasteiger partial charge in [-0.25, -0.2) is 8.42 Å². The first kappa shape index (κ1) is 20.4. The maximum Gasteiger partial charge on any atom is 0.262 e. The first-order valence-electron chi connectivity index (χ1n) is 9.46. The van der Waals surface area contributed by atoms with Gasteiger partial charge < -0.3 is 10.1 Å². The maximum absolute atomic E-state index is 12.6. The Labute approximate surface area is 166 Å². The number of carbonyl (C=O) groups excluding carboxylic acids is 1. The number of piperidine rings is 1. The van der Waals surface area contributed by atoms with E-state index in [1.807, 2.05) is 32.0 Å². The highest BCUT2D eigenvalue weighted by Gasteiger charge is 2.25. The number of amides is 1. The molecule has 0 aromatic heterocycles. The number of sulfonamides is 1. The lowest BCUT2D eigenvalue weighted by molar-refractivity contribution is -0.118. The molecule has 2 aromatic rings. The Morgan fingerprint density at radius 2 is 1.71 bits per heavy atom. The highest BCUT2D eigenvalue weighted by molar-refractivity contribution is 7.89. The van der Waals surface area contributed by atoms with E-state index in [4.69, 9.17) is 4.74 Å². The Morgan fingerprint density at radius 3 is 2.36 bits per heavy atom. The van der Waals surface area contributed by atoms with E-state index in [9.17, 15) is 13.2 Å². The van der Waals surface area contributed by atoms with Crippen LogP contribution in [0.5, 0.6) is 5.75 Å². The zero-order chi connectivity index (χ0) is 20.1. The molecular weight excluding hydrogens is 376 g/mol. The molecule has 7 heteroatoms. The molecule has 1 saturated heterocycles. The molecule has 1 N–H and O–H groups in total. The molecule has 1 fully saturated rings. The lowest BCUT2D eigenvalue weighted by Gasteiger charge is -2.25. The third-order valence-electron chi connectivity index (χ3n) is 4.80. The van der Waals surface area contributed by atoms with Crippen LogP contribution in [0.1, 0.15) is 30.4 Å². The Balaban J connectivity index is 1.57. The van der Waals surface area contributed by atoms with Gasteiger partial charge in [0.05, 0.1) is 4.90 Å². The van der Waals surface area contributed by atoms with Crippen LogP contribution < -0.4 is 10.1 Å². The second-order valence-corrected chi connectivity index (χ2v) is 9.03. The topological polar surface area (TPSA) is 75.7 Å². The third kappa shape index (κ3) is 4.91. The minimum absolute atomic E-state index is 0.147. The van der Waals surface area contributed by atoms with Crippen LogP contribution in [0.15, 0.2) is 47.4 Å². The van der Waals surface area contributed by atoms with Gasteiger partial charge in [-0.05, 0) is 62.6 Å². The van der Waals surface area contributed by atoms with Gasteiger partial charge in [-0.3, -0.25) is 4.79 Å². The fraction of sp³-hybridized carbons (Fsp3) is 0.381. The summed E-state index contributed by atoms with van der Waals surface area (Å²) < 4.78 is 32.3. The van der Waals surface area contributed by atoms with Crippen LogP contribution in [-0.2, 0) is 14.8 Å². The zero-order valence-corrected chi connectivity index (χ0v) is 17.1. The number of carbonyl (C=O) groups is 1. The number of hydrogen-bond acceptors (Lipinski definition) is 4. The van der Waals surface area contributed by atoms with Crippen LogP contribution in [-0.4, -0.2) is 38.3 Å². The molecule has 3 rings (SSSR count). The van der Waals surface area contributed by atoms with Crippen molar-refractivity contribution >= 4 is 21.6 Å². The van der Waals surface area contributed by atoms with Crippen molar-refractivity contribution in [3.05, 3.63) is 53.6 Å². The molecule has 1 heterocycles. The summed E-state index contributed by atoms with van der Waals surface area (Å²) in [5, 5.41) is 2.82. The molecule has 0 saturated carbocycles. The van der Waals surface area contributed by atoms with Crippen molar-refractivity contribution in [2.75, 3.05) is 25.0 Å². The molecule has 0 spiro atoms. The summed E-state index contributed by atoms with van der Waals surface area (Å²) in [6, 6.07) is 12.0. The van der Waals surface area contributed by atoms with Crippen molar-refractivity contribution in [3.8, 4) is 5.75 Å². The van der Waals surface area contributed by atoms with Crippen molar-refractivity contribution in [2.24, 2.45) is 0 Å². The largest absolute Gasteiger partial charge is 0.484 e. The molecule has 1 aliphatic heterocycles. The van der Waals surface area contributed by atoms with Crippen LogP contribution >= 0.6 is 0 Å². The molecule has 0 atom stereocenters. The van der Waals surface area contributed by atoms with Crippen LogP contribution in [0.25, 0.3) is 0 Å². The quantitative estimate of drug-likeness (QED) is 0.802. The molecule has 0 aliphatic carbocycles. The van der Waals surface area contributed by atoms with Crippen molar-refractivity contribution in [1.29, 1.82) is 0 Å². The van der Waals surface area contributed by atoms with Gasteiger partial charge in [0.1, 0.15) is 5.75 Å².